The standard InChI is InChI=1S/C20H16N2OS2/c1-24-16-10-6-5-9-14(16)19(23)17-18(22)13-8-4-3-7-12(13)15(11-21)20(17)25-2/h3-10H,22H2,1-2H3. The van der Waals surface area contributed by atoms with Crippen LogP contribution in [0.4, 0.5) is 5.69 Å². The molecule has 0 atom stereocenters. The molecular formula is C20H16N2OS2. The van der Waals surface area contributed by atoms with Gasteiger partial charge in [0.15, 0.2) is 5.78 Å². The van der Waals surface area contributed by atoms with E-state index in [0.717, 1.165) is 15.7 Å². The van der Waals surface area contributed by atoms with Crippen LogP contribution in [0.1, 0.15) is 21.5 Å². The zero-order valence-electron chi connectivity index (χ0n) is 13.9. The third-order valence-corrected chi connectivity index (χ3v) is 5.72. The van der Waals surface area contributed by atoms with Gasteiger partial charge in [-0.25, -0.2) is 0 Å². The van der Waals surface area contributed by atoms with Crippen molar-refractivity contribution in [1.82, 2.24) is 0 Å². The summed E-state index contributed by atoms with van der Waals surface area (Å²) in [5.41, 5.74) is 8.36. The first kappa shape index (κ1) is 17.4. The first-order chi connectivity index (χ1) is 12.1. The Morgan fingerprint density at radius 3 is 2.28 bits per heavy atom. The fourth-order valence-electron chi connectivity index (χ4n) is 2.95. The van der Waals surface area contributed by atoms with Crippen molar-refractivity contribution in [2.24, 2.45) is 0 Å². The lowest BCUT2D eigenvalue weighted by molar-refractivity contribution is 0.103. The molecule has 5 heteroatoms. The molecule has 0 aromatic heterocycles. The molecule has 0 aliphatic carbocycles. The molecule has 0 saturated heterocycles. The van der Waals surface area contributed by atoms with Gasteiger partial charge in [0.2, 0.25) is 0 Å². The maximum absolute atomic E-state index is 13.3. The number of carbonyl (C=O) groups excluding carboxylic acids is 1. The summed E-state index contributed by atoms with van der Waals surface area (Å²) in [6.45, 7) is 0. The molecule has 0 radical (unpaired) electrons. The molecule has 0 amide bonds. The topological polar surface area (TPSA) is 66.9 Å². The number of hydrogen-bond acceptors (Lipinski definition) is 5. The lowest BCUT2D eigenvalue weighted by atomic mass is 9.94. The number of fused-ring (bicyclic) bond motifs is 1. The molecule has 0 unspecified atom stereocenters. The molecular weight excluding hydrogens is 348 g/mol. The van der Waals surface area contributed by atoms with Gasteiger partial charge in [-0.3, -0.25) is 4.79 Å². The lowest BCUT2D eigenvalue weighted by Crippen LogP contribution is -2.10. The number of nitriles is 1. The average molecular weight is 364 g/mol. The second-order valence-corrected chi connectivity index (χ2v) is 7.05. The van der Waals surface area contributed by atoms with Gasteiger partial charge < -0.3 is 5.73 Å². The molecule has 0 bridgehead atoms. The van der Waals surface area contributed by atoms with Gasteiger partial charge in [-0.2, -0.15) is 5.26 Å². The maximum atomic E-state index is 13.3. The SMILES string of the molecule is CSc1ccccc1C(=O)c1c(SC)c(C#N)c2ccccc2c1N. The van der Waals surface area contributed by atoms with Crippen LogP contribution in [-0.4, -0.2) is 18.3 Å². The Hall–Kier alpha value is -2.42. The van der Waals surface area contributed by atoms with Crippen LogP contribution in [0.3, 0.4) is 0 Å². The number of ketones is 1. The van der Waals surface area contributed by atoms with Crippen LogP contribution in [0.25, 0.3) is 10.8 Å². The van der Waals surface area contributed by atoms with Gasteiger partial charge in [-0.1, -0.05) is 36.4 Å². The summed E-state index contributed by atoms with van der Waals surface area (Å²) in [7, 11) is 0. The molecule has 0 saturated carbocycles. The second-order valence-electron chi connectivity index (χ2n) is 5.38. The minimum Gasteiger partial charge on any atom is -0.398 e. The molecule has 25 heavy (non-hydrogen) atoms. The van der Waals surface area contributed by atoms with Gasteiger partial charge in [0.25, 0.3) is 0 Å². The molecule has 0 spiro atoms. The Balaban J connectivity index is 2.38. The van der Waals surface area contributed by atoms with E-state index in [2.05, 4.69) is 6.07 Å². The van der Waals surface area contributed by atoms with Crippen LogP contribution in [0.15, 0.2) is 58.3 Å². The van der Waals surface area contributed by atoms with E-state index in [4.69, 9.17) is 5.73 Å². The summed E-state index contributed by atoms with van der Waals surface area (Å²) in [5, 5.41) is 11.2. The molecule has 0 aliphatic heterocycles. The molecule has 0 aliphatic rings. The number of nitrogens with zero attached hydrogens (tertiary/aromatic N) is 1. The number of benzene rings is 3. The van der Waals surface area contributed by atoms with E-state index in [9.17, 15) is 10.1 Å². The first-order valence-electron chi connectivity index (χ1n) is 7.60. The van der Waals surface area contributed by atoms with Crippen molar-refractivity contribution in [3.8, 4) is 6.07 Å². The summed E-state index contributed by atoms with van der Waals surface area (Å²) in [6.07, 6.45) is 3.80. The number of rotatable bonds is 4. The Bertz CT molecular complexity index is 1020. The summed E-state index contributed by atoms with van der Waals surface area (Å²) in [6, 6.07) is 17.2. The summed E-state index contributed by atoms with van der Waals surface area (Å²) in [4.78, 5) is 14.9. The van der Waals surface area contributed by atoms with Crippen LogP contribution in [0, 0.1) is 11.3 Å². The first-order valence-corrected chi connectivity index (χ1v) is 10.0. The van der Waals surface area contributed by atoms with E-state index in [1.807, 2.05) is 55.0 Å². The average Bonchev–Trinajstić information content (AvgIpc) is 2.67. The Kier molecular flexibility index (Phi) is 5.03. The van der Waals surface area contributed by atoms with Gasteiger partial charge in [0, 0.05) is 26.1 Å². The Labute approximate surface area is 155 Å². The van der Waals surface area contributed by atoms with Crippen molar-refractivity contribution in [2.45, 2.75) is 9.79 Å². The number of nitrogen functional groups attached to an aromatic ring is 1. The van der Waals surface area contributed by atoms with Crippen molar-refractivity contribution >= 4 is 45.8 Å². The van der Waals surface area contributed by atoms with Crippen molar-refractivity contribution in [1.29, 1.82) is 5.26 Å². The predicted octanol–water partition coefficient (Wildman–Crippen LogP) is 4.97. The van der Waals surface area contributed by atoms with Crippen LogP contribution in [-0.2, 0) is 0 Å². The van der Waals surface area contributed by atoms with Crippen molar-refractivity contribution in [3.05, 3.63) is 65.2 Å². The quantitative estimate of drug-likeness (QED) is 0.402. The zero-order valence-corrected chi connectivity index (χ0v) is 15.5. The number of hydrogen-bond donors (Lipinski definition) is 1. The number of anilines is 1. The van der Waals surface area contributed by atoms with E-state index in [0.29, 0.717) is 27.3 Å². The predicted molar refractivity (Wildman–Crippen MR) is 107 cm³/mol. The van der Waals surface area contributed by atoms with E-state index in [1.54, 1.807) is 6.07 Å². The maximum Gasteiger partial charge on any atom is 0.197 e. The highest BCUT2D eigenvalue weighted by Gasteiger charge is 2.24. The van der Waals surface area contributed by atoms with Gasteiger partial charge >= 0.3 is 0 Å². The third kappa shape index (κ3) is 2.88. The van der Waals surface area contributed by atoms with Crippen LogP contribution >= 0.6 is 23.5 Å². The monoisotopic (exact) mass is 364 g/mol. The smallest absolute Gasteiger partial charge is 0.197 e. The Morgan fingerprint density at radius 2 is 1.64 bits per heavy atom. The molecule has 3 aromatic rings. The number of thioether (sulfide) groups is 2. The van der Waals surface area contributed by atoms with Crippen molar-refractivity contribution < 1.29 is 4.79 Å². The fourth-order valence-corrected chi connectivity index (χ4v) is 4.31. The fraction of sp³-hybridized carbons (Fsp3) is 0.100. The van der Waals surface area contributed by atoms with Gasteiger partial charge in [-0.05, 0) is 24.6 Å². The highest BCUT2D eigenvalue weighted by molar-refractivity contribution is 7.99. The molecule has 3 rings (SSSR count). The molecule has 3 nitrogen and oxygen atoms in total. The highest BCUT2D eigenvalue weighted by Crippen LogP contribution is 2.39. The molecule has 0 fully saturated rings. The minimum absolute atomic E-state index is 0.144. The van der Waals surface area contributed by atoms with Gasteiger partial charge in [-0.15, -0.1) is 23.5 Å². The number of carbonyl (C=O) groups is 1. The largest absolute Gasteiger partial charge is 0.398 e. The molecule has 0 heterocycles. The summed E-state index contributed by atoms with van der Waals surface area (Å²) < 4.78 is 0. The van der Waals surface area contributed by atoms with Gasteiger partial charge in [0.1, 0.15) is 6.07 Å². The number of nitrogens with two attached hydrogens (primary N) is 1. The molecule has 124 valence electrons. The zero-order chi connectivity index (χ0) is 18.0. The van der Waals surface area contributed by atoms with Gasteiger partial charge in [0.05, 0.1) is 16.8 Å². The third-order valence-electron chi connectivity index (χ3n) is 4.10. The van der Waals surface area contributed by atoms with Crippen molar-refractivity contribution in [2.75, 3.05) is 18.2 Å². The minimum atomic E-state index is -0.144. The van der Waals surface area contributed by atoms with E-state index >= 15 is 0 Å². The lowest BCUT2D eigenvalue weighted by Gasteiger charge is -2.16. The summed E-state index contributed by atoms with van der Waals surface area (Å²) in [5.74, 6) is -0.144. The second kappa shape index (κ2) is 7.22. The van der Waals surface area contributed by atoms with Crippen LogP contribution in [0.5, 0.6) is 0 Å². The van der Waals surface area contributed by atoms with Crippen LogP contribution < -0.4 is 5.73 Å². The Morgan fingerprint density at radius 1 is 1.00 bits per heavy atom. The molecule has 2 N–H and O–H groups in total. The highest BCUT2D eigenvalue weighted by atomic mass is 32.2. The normalized spacial score (nSPS) is 10.6. The molecule has 3 aromatic carbocycles. The van der Waals surface area contributed by atoms with E-state index < -0.39 is 0 Å². The van der Waals surface area contributed by atoms with Crippen molar-refractivity contribution in [3.63, 3.8) is 0 Å². The van der Waals surface area contributed by atoms with Crippen LogP contribution in [0.2, 0.25) is 0 Å². The van der Waals surface area contributed by atoms with E-state index in [-0.39, 0.29) is 5.78 Å². The summed E-state index contributed by atoms with van der Waals surface area (Å²) >= 11 is 2.90. The van der Waals surface area contributed by atoms with E-state index in [1.165, 1.54) is 23.5 Å².